The molecule has 1 N–H and O–H groups in total. The second kappa shape index (κ2) is 7.35. The lowest BCUT2D eigenvalue weighted by molar-refractivity contribution is 0.0794. The van der Waals surface area contributed by atoms with Gasteiger partial charge in [0.2, 0.25) is 0 Å². The Balaban J connectivity index is 2.00. The minimum Gasteiger partial charge on any atom is -0.377 e. The summed E-state index contributed by atoms with van der Waals surface area (Å²) in [6, 6.07) is 0.472. The van der Waals surface area contributed by atoms with Gasteiger partial charge in [0.1, 0.15) is 12.7 Å². The predicted molar refractivity (Wildman–Crippen MR) is 63.2 cm³/mol. The Labute approximate surface area is 97.2 Å². The highest BCUT2D eigenvalue weighted by atomic mass is 16.5. The molecule has 0 radical (unpaired) electrons. The normalized spacial score (nSPS) is 13.2. The molecular formula is C11H22N4O. The lowest BCUT2D eigenvalue weighted by atomic mass is 10.2. The van der Waals surface area contributed by atoms with E-state index in [0.29, 0.717) is 12.1 Å². The fourth-order valence-corrected chi connectivity index (χ4v) is 1.38. The van der Waals surface area contributed by atoms with Crippen LogP contribution in [0, 0.1) is 0 Å². The largest absolute Gasteiger partial charge is 0.377 e. The second-order valence-electron chi connectivity index (χ2n) is 4.22. The van der Waals surface area contributed by atoms with E-state index in [1.54, 1.807) is 12.7 Å². The van der Waals surface area contributed by atoms with Crippen LogP contribution in [0.1, 0.15) is 27.2 Å². The molecule has 1 atom stereocenters. The average molecular weight is 226 g/mol. The summed E-state index contributed by atoms with van der Waals surface area (Å²) in [5.41, 5.74) is 0. The van der Waals surface area contributed by atoms with Gasteiger partial charge in [-0.1, -0.05) is 0 Å². The lowest BCUT2D eigenvalue weighted by Gasteiger charge is -2.14. The number of nitrogens with one attached hydrogen (secondary N) is 1. The van der Waals surface area contributed by atoms with Gasteiger partial charge in [0.05, 0.1) is 12.7 Å². The SMILES string of the molecule is CC(CCn1cncn1)NCCOC(C)C. The summed E-state index contributed by atoms with van der Waals surface area (Å²) in [4.78, 5) is 3.91. The van der Waals surface area contributed by atoms with Gasteiger partial charge >= 0.3 is 0 Å². The van der Waals surface area contributed by atoms with Gasteiger partial charge in [0.15, 0.2) is 0 Å². The van der Waals surface area contributed by atoms with E-state index in [9.17, 15) is 0 Å². The van der Waals surface area contributed by atoms with E-state index in [0.717, 1.165) is 26.1 Å². The molecular weight excluding hydrogens is 204 g/mol. The summed E-state index contributed by atoms with van der Waals surface area (Å²) >= 11 is 0. The maximum atomic E-state index is 5.45. The molecule has 1 aromatic rings. The van der Waals surface area contributed by atoms with E-state index in [1.807, 2.05) is 18.5 Å². The third-order valence-corrected chi connectivity index (χ3v) is 2.30. The molecule has 16 heavy (non-hydrogen) atoms. The van der Waals surface area contributed by atoms with E-state index >= 15 is 0 Å². The van der Waals surface area contributed by atoms with Gasteiger partial charge < -0.3 is 10.1 Å². The Bertz CT molecular complexity index is 261. The van der Waals surface area contributed by atoms with Gasteiger partial charge in [0, 0.05) is 19.1 Å². The molecule has 1 aromatic heterocycles. The molecule has 5 heteroatoms. The van der Waals surface area contributed by atoms with Crippen LogP contribution in [-0.4, -0.2) is 40.1 Å². The molecule has 0 aliphatic rings. The van der Waals surface area contributed by atoms with Crippen molar-refractivity contribution >= 4 is 0 Å². The van der Waals surface area contributed by atoms with Crippen molar-refractivity contribution in [2.24, 2.45) is 0 Å². The first-order valence-electron chi connectivity index (χ1n) is 5.86. The zero-order valence-corrected chi connectivity index (χ0v) is 10.4. The van der Waals surface area contributed by atoms with Gasteiger partial charge in [-0.25, -0.2) is 4.98 Å². The van der Waals surface area contributed by atoms with Gasteiger partial charge in [0.25, 0.3) is 0 Å². The Kier molecular flexibility index (Phi) is 6.03. The van der Waals surface area contributed by atoms with Crippen molar-refractivity contribution < 1.29 is 4.74 Å². The highest BCUT2D eigenvalue weighted by Crippen LogP contribution is 1.94. The van der Waals surface area contributed by atoms with Crippen molar-refractivity contribution in [1.29, 1.82) is 0 Å². The molecule has 0 saturated heterocycles. The number of rotatable bonds is 8. The molecule has 0 amide bonds. The van der Waals surface area contributed by atoms with Crippen molar-refractivity contribution in [1.82, 2.24) is 20.1 Å². The first kappa shape index (κ1) is 13.1. The monoisotopic (exact) mass is 226 g/mol. The highest BCUT2D eigenvalue weighted by molar-refractivity contribution is 4.63. The molecule has 5 nitrogen and oxygen atoms in total. The third-order valence-electron chi connectivity index (χ3n) is 2.30. The molecule has 0 aliphatic carbocycles. The predicted octanol–water partition coefficient (Wildman–Crippen LogP) is 1.07. The quantitative estimate of drug-likeness (QED) is 0.674. The molecule has 1 heterocycles. The summed E-state index contributed by atoms with van der Waals surface area (Å²) in [5, 5.41) is 7.47. The van der Waals surface area contributed by atoms with Crippen molar-refractivity contribution in [3.63, 3.8) is 0 Å². The van der Waals surface area contributed by atoms with Crippen LogP contribution in [-0.2, 0) is 11.3 Å². The lowest BCUT2D eigenvalue weighted by Crippen LogP contribution is -2.31. The molecule has 0 bridgehead atoms. The molecule has 0 spiro atoms. The summed E-state index contributed by atoms with van der Waals surface area (Å²) in [5.74, 6) is 0. The zero-order chi connectivity index (χ0) is 11.8. The zero-order valence-electron chi connectivity index (χ0n) is 10.4. The first-order valence-corrected chi connectivity index (χ1v) is 5.86. The summed E-state index contributed by atoms with van der Waals surface area (Å²) in [6.07, 6.45) is 4.67. The van der Waals surface area contributed by atoms with Crippen LogP contribution in [0.4, 0.5) is 0 Å². The fraction of sp³-hybridized carbons (Fsp3) is 0.818. The van der Waals surface area contributed by atoms with Crippen LogP contribution in [0.25, 0.3) is 0 Å². The molecule has 92 valence electrons. The highest BCUT2D eigenvalue weighted by Gasteiger charge is 2.02. The topological polar surface area (TPSA) is 52.0 Å². The van der Waals surface area contributed by atoms with Crippen LogP contribution >= 0.6 is 0 Å². The summed E-state index contributed by atoms with van der Waals surface area (Å²) in [6.45, 7) is 8.84. The van der Waals surface area contributed by atoms with Gasteiger partial charge in [-0.2, -0.15) is 5.10 Å². The minimum absolute atomic E-state index is 0.312. The Morgan fingerprint density at radius 3 is 2.81 bits per heavy atom. The molecule has 0 saturated carbocycles. The van der Waals surface area contributed by atoms with Crippen molar-refractivity contribution in [2.75, 3.05) is 13.2 Å². The molecule has 1 unspecified atom stereocenters. The maximum Gasteiger partial charge on any atom is 0.137 e. The van der Waals surface area contributed by atoms with E-state index in [4.69, 9.17) is 4.74 Å². The maximum absolute atomic E-state index is 5.45. The van der Waals surface area contributed by atoms with Gasteiger partial charge in [-0.3, -0.25) is 4.68 Å². The number of aryl methyl sites for hydroxylation is 1. The second-order valence-corrected chi connectivity index (χ2v) is 4.22. The van der Waals surface area contributed by atoms with Crippen molar-refractivity contribution in [3.05, 3.63) is 12.7 Å². The first-order chi connectivity index (χ1) is 7.68. The summed E-state index contributed by atoms with van der Waals surface area (Å²) < 4.78 is 7.30. The molecule has 1 rings (SSSR count). The van der Waals surface area contributed by atoms with Crippen LogP contribution < -0.4 is 5.32 Å². The van der Waals surface area contributed by atoms with Gasteiger partial charge in [-0.15, -0.1) is 0 Å². The fourth-order valence-electron chi connectivity index (χ4n) is 1.38. The average Bonchev–Trinajstić information content (AvgIpc) is 2.74. The van der Waals surface area contributed by atoms with Crippen LogP contribution in [0.15, 0.2) is 12.7 Å². The number of hydrogen-bond donors (Lipinski definition) is 1. The van der Waals surface area contributed by atoms with E-state index in [1.165, 1.54) is 0 Å². The summed E-state index contributed by atoms with van der Waals surface area (Å²) in [7, 11) is 0. The molecule has 0 aromatic carbocycles. The van der Waals surface area contributed by atoms with E-state index in [-0.39, 0.29) is 0 Å². The Morgan fingerprint density at radius 1 is 1.38 bits per heavy atom. The van der Waals surface area contributed by atoms with Crippen LogP contribution in [0.2, 0.25) is 0 Å². The third kappa shape index (κ3) is 5.82. The smallest absolute Gasteiger partial charge is 0.137 e. The number of ether oxygens (including phenoxy) is 1. The van der Waals surface area contributed by atoms with Crippen molar-refractivity contribution in [3.8, 4) is 0 Å². The van der Waals surface area contributed by atoms with Gasteiger partial charge in [-0.05, 0) is 27.2 Å². The standard InChI is InChI=1S/C11H22N4O/c1-10(2)16-7-5-13-11(3)4-6-15-9-12-8-14-15/h8-11,13H,4-7H2,1-3H3. The van der Waals surface area contributed by atoms with E-state index < -0.39 is 0 Å². The molecule has 0 fully saturated rings. The van der Waals surface area contributed by atoms with Crippen LogP contribution in [0.3, 0.4) is 0 Å². The Hall–Kier alpha value is -0.940. The minimum atomic E-state index is 0.312. The molecule has 0 aliphatic heterocycles. The number of aromatic nitrogens is 3. The van der Waals surface area contributed by atoms with E-state index in [2.05, 4.69) is 22.3 Å². The number of nitrogens with zero attached hydrogens (tertiary/aromatic N) is 3. The van der Waals surface area contributed by atoms with Crippen molar-refractivity contribution in [2.45, 2.75) is 45.9 Å². The van der Waals surface area contributed by atoms with Crippen LogP contribution in [0.5, 0.6) is 0 Å². The Morgan fingerprint density at radius 2 is 2.19 bits per heavy atom. The number of hydrogen-bond acceptors (Lipinski definition) is 4.